The molecule has 66 valence electrons. The van der Waals surface area contributed by atoms with E-state index in [-0.39, 0.29) is 12.0 Å². The largest absolute Gasteiger partial charge is 0.328 e. The highest BCUT2D eigenvalue weighted by molar-refractivity contribution is 4.90. The van der Waals surface area contributed by atoms with Crippen molar-refractivity contribution < 1.29 is 4.39 Å². The van der Waals surface area contributed by atoms with Crippen LogP contribution in [0.3, 0.4) is 0 Å². The van der Waals surface area contributed by atoms with E-state index in [0.29, 0.717) is 12.8 Å². The average molecular weight is 159 g/mol. The van der Waals surface area contributed by atoms with Gasteiger partial charge in [-0.15, -0.1) is 0 Å². The fourth-order valence-electron chi connectivity index (χ4n) is 1.82. The average Bonchev–Trinajstić information content (AvgIpc) is 1.86. The molecular formula is C9H18FN. The molecule has 0 aromatic rings. The lowest BCUT2D eigenvalue weighted by Crippen LogP contribution is -2.41. The zero-order valence-electron chi connectivity index (χ0n) is 7.44. The first kappa shape index (κ1) is 8.98. The van der Waals surface area contributed by atoms with E-state index >= 15 is 0 Å². The van der Waals surface area contributed by atoms with E-state index in [1.54, 1.807) is 0 Å². The number of halogens is 1. The predicted octanol–water partition coefficient (Wildman–Crippen LogP) is 2.25. The van der Waals surface area contributed by atoms with E-state index in [4.69, 9.17) is 5.73 Å². The van der Waals surface area contributed by atoms with Crippen molar-refractivity contribution in [2.75, 3.05) is 0 Å². The fourth-order valence-corrected chi connectivity index (χ4v) is 1.82. The van der Waals surface area contributed by atoms with Gasteiger partial charge in [0, 0.05) is 6.04 Å². The van der Waals surface area contributed by atoms with Crippen LogP contribution in [0.2, 0.25) is 0 Å². The molecule has 0 aromatic heterocycles. The van der Waals surface area contributed by atoms with E-state index in [2.05, 4.69) is 0 Å². The van der Waals surface area contributed by atoms with Crippen molar-refractivity contribution in [1.29, 1.82) is 0 Å². The van der Waals surface area contributed by atoms with E-state index in [1.165, 1.54) is 0 Å². The SMILES string of the molecule is CC(C)C1(F)CCCC(N)C1. The maximum Gasteiger partial charge on any atom is 0.114 e. The molecule has 0 aromatic carbocycles. The number of hydrogen-bond acceptors (Lipinski definition) is 1. The van der Waals surface area contributed by atoms with Crippen LogP contribution in [-0.2, 0) is 0 Å². The minimum Gasteiger partial charge on any atom is -0.328 e. The highest BCUT2D eigenvalue weighted by Gasteiger charge is 2.37. The molecule has 2 unspecified atom stereocenters. The fraction of sp³-hybridized carbons (Fsp3) is 1.00. The van der Waals surface area contributed by atoms with Gasteiger partial charge in [-0.05, 0) is 31.6 Å². The molecular weight excluding hydrogens is 141 g/mol. The number of nitrogens with two attached hydrogens (primary N) is 1. The summed E-state index contributed by atoms with van der Waals surface area (Å²) in [5, 5.41) is 0. The Morgan fingerprint density at radius 2 is 2.18 bits per heavy atom. The third-order valence-corrected chi connectivity index (χ3v) is 2.80. The first-order valence-corrected chi connectivity index (χ1v) is 4.49. The van der Waals surface area contributed by atoms with Crippen molar-refractivity contribution in [3.05, 3.63) is 0 Å². The van der Waals surface area contributed by atoms with Crippen molar-refractivity contribution in [2.45, 2.75) is 51.2 Å². The Balaban J connectivity index is 2.55. The monoisotopic (exact) mass is 159 g/mol. The van der Waals surface area contributed by atoms with Crippen LogP contribution in [0.15, 0.2) is 0 Å². The molecule has 0 spiro atoms. The Morgan fingerprint density at radius 1 is 1.55 bits per heavy atom. The van der Waals surface area contributed by atoms with Gasteiger partial charge in [0.25, 0.3) is 0 Å². The molecule has 0 heterocycles. The van der Waals surface area contributed by atoms with Crippen LogP contribution in [0.5, 0.6) is 0 Å². The molecule has 1 saturated carbocycles. The predicted molar refractivity (Wildman–Crippen MR) is 45.1 cm³/mol. The first-order valence-electron chi connectivity index (χ1n) is 4.49. The maximum atomic E-state index is 13.9. The molecule has 0 radical (unpaired) electrons. The Kier molecular flexibility index (Phi) is 2.53. The van der Waals surface area contributed by atoms with Gasteiger partial charge in [0.15, 0.2) is 0 Å². The summed E-state index contributed by atoms with van der Waals surface area (Å²) < 4.78 is 13.9. The van der Waals surface area contributed by atoms with Crippen LogP contribution in [0.25, 0.3) is 0 Å². The molecule has 2 heteroatoms. The lowest BCUT2D eigenvalue weighted by molar-refractivity contribution is 0.0466. The van der Waals surface area contributed by atoms with E-state index in [9.17, 15) is 4.39 Å². The number of alkyl halides is 1. The summed E-state index contributed by atoms with van der Waals surface area (Å²) in [6.07, 6.45) is 3.22. The van der Waals surface area contributed by atoms with Gasteiger partial charge in [0.05, 0.1) is 0 Å². The number of hydrogen-bond donors (Lipinski definition) is 1. The molecule has 2 N–H and O–H groups in total. The van der Waals surface area contributed by atoms with Crippen LogP contribution in [0, 0.1) is 5.92 Å². The van der Waals surface area contributed by atoms with E-state index in [1.807, 2.05) is 13.8 Å². The summed E-state index contributed by atoms with van der Waals surface area (Å²) in [5.41, 5.74) is 4.73. The first-order chi connectivity index (χ1) is 5.04. The van der Waals surface area contributed by atoms with Crippen LogP contribution >= 0.6 is 0 Å². The van der Waals surface area contributed by atoms with Gasteiger partial charge in [0.1, 0.15) is 5.67 Å². The van der Waals surface area contributed by atoms with Gasteiger partial charge in [0.2, 0.25) is 0 Å². The molecule has 0 aliphatic heterocycles. The van der Waals surface area contributed by atoms with Crippen LogP contribution in [0.4, 0.5) is 4.39 Å². The summed E-state index contributed by atoms with van der Waals surface area (Å²) in [4.78, 5) is 0. The van der Waals surface area contributed by atoms with Crippen molar-refractivity contribution in [3.63, 3.8) is 0 Å². The minimum atomic E-state index is -0.975. The van der Waals surface area contributed by atoms with Crippen molar-refractivity contribution in [1.82, 2.24) is 0 Å². The van der Waals surface area contributed by atoms with Crippen LogP contribution in [-0.4, -0.2) is 11.7 Å². The zero-order valence-corrected chi connectivity index (χ0v) is 7.44. The van der Waals surface area contributed by atoms with E-state index < -0.39 is 5.67 Å². The van der Waals surface area contributed by atoms with Gasteiger partial charge < -0.3 is 5.73 Å². The summed E-state index contributed by atoms with van der Waals surface area (Å²) in [6, 6.07) is 0.0937. The lowest BCUT2D eigenvalue weighted by Gasteiger charge is -2.36. The van der Waals surface area contributed by atoms with E-state index in [0.717, 1.165) is 12.8 Å². The molecule has 1 aliphatic rings. The summed E-state index contributed by atoms with van der Waals surface area (Å²) >= 11 is 0. The standard InChI is InChI=1S/C9H18FN/c1-7(2)9(10)5-3-4-8(11)6-9/h7-8H,3-6,11H2,1-2H3. The van der Waals surface area contributed by atoms with Gasteiger partial charge in [-0.25, -0.2) is 4.39 Å². The molecule has 11 heavy (non-hydrogen) atoms. The van der Waals surface area contributed by atoms with Crippen LogP contribution in [0.1, 0.15) is 39.5 Å². The molecule has 0 amide bonds. The topological polar surface area (TPSA) is 26.0 Å². The zero-order chi connectivity index (χ0) is 8.48. The van der Waals surface area contributed by atoms with Crippen molar-refractivity contribution >= 4 is 0 Å². The highest BCUT2D eigenvalue weighted by atomic mass is 19.1. The quantitative estimate of drug-likeness (QED) is 0.624. The molecule has 1 nitrogen and oxygen atoms in total. The molecule has 1 rings (SSSR count). The van der Waals surface area contributed by atoms with Gasteiger partial charge in [-0.2, -0.15) is 0 Å². The number of rotatable bonds is 1. The molecule has 2 atom stereocenters. The molecule has 0 bridgehead atoms. The lowest BCUT2D eigenvalue weighted by atomic mass is 9.77. The highest BCUT2D eigenvalue weighted by Crippen LogP contribution is 2.37. The molecule has 1 aliphatic carbocycles. The normalized spacial score (nSPS) is 39.5. The maximum absolute atomic E-state index is 13.9. The Morgan fingerprint density at radius 3 is 2.55 bits per heavy atom. The second-order valence-corrected chi connectivity index (χ2v) is 4.05. The van der Waals surface area contributed by atoms with Gasteiger partial charge in [-0.1, -0.05) is 13.8 Å². The summed E-state index contributed by atoms with van der Waals surface area (Å²) in [5.74, 6) is 0.119. The smallest absolute Gasteiger partial charge is 0.114 e. The Bertz CT molecular complexity index is 136. The van der Waals surface area contributed by atoms with Crippen molar-refractivity contribution in [2.24, 2.45) is 11.7 Å². The third-order valence-electron chi connectivity index (χ3n) is 2.80. The second-order valence-electron chi connectivity index (χ2n) is 4.05. The van der Waals surface area contributed by atoms with Gasteiger partial charge in [-0.3, -0.25) is 0 Å². The summed E-state index contributed by atoms with van der Waals surface area (Å²) in [7, 11) is 0. The third kappa shape index (κ3) is 1.92. The molecule has 1 fully saturated rings. The second kappa shape index (κ2) is 3.10. The van der Waals surface area contributed by atoms with Gasteiger partial charge >= 0.3 is 0 Å². The van der Waals surface area contributed by atoms with Crippen molar-refractivity contribution in [3.8, 4) is 0 Å². The molecule has 0 saturated heterocycles. The Labute approximate surface area is 68.2 Å². The van der Waals surface area contributed by atoms with Crippen LogP contribution < -0.4 is 5.73 Å². The minimum absolute atomic E-state index is 0.0937. The Hall–Kier alpha value is -0.110. The summed E-state index contributed by atoms with van der Waals surface area (Å²) in [6.45, 7) is 3.88.